The van der Waals surface area contributed by atoms with Crippen molar-refractivity contribution in [2.24, 2.45) is 0 Å². The largest absolute Gasteiger partial charge is 0.494 e. The molecular weight excluding hydrogens is 216 g/mol. The molecule has 17 heavy (non-hydrogen) atoms. The summed E-state index contributed by atoms with van der Waals surface area (Å²) >= 11 is 0. The Morgan fingerprint density at radius 3 is 2.82 bits per heavy atom. The molecule has 0 aromatic carbocycles. The SMILES string of the molecule is COc1cccnc1C(=O)c1cnccc1C. The number of carbonyl (C=O) groups excluding carboxylic acids is 1. The average molecular weight is 228 g/mol. The van der Waals surface area contributed by atoms with Crippen molar-refractivity contribution in [1.82, 2.24) is 9.97 Å². The molecule has 0 amide bonds. The molecule has 0 unspecified atom stereocenters. The summed E-state index contributed by atoms with van der Waals surface area (Å²) < 4.78 is 5.12. The molecule has 0 saturated carbocycles. The quantitative estimate of drug-likeness (QED) is 0.754. The van der Waals surface area contributed by atoms with Crippen molar-refractivity contribution in [2.75, 3.05) is 7.11 Å². The maximum Gasteiger partial charge on any atom is 0.216 e. The lowest BCUT2D eigenvalue weighted by atomic mass is 10.0. The lowest BCUT2D eigenvalue weighted by Crippen LogP contribution is -2.08. The minimum absolute atomic E-state index is 0.173. The van der Waals surface area contributed by atoms with Crippen LogP contribution in [0.5, 0.6) is 5.75 Å². The molecular formula is C13H12N2O2. The highest BCUT2D eigenvalue weighted by Crippen LogP contribution is 2.19. The molecule has 0 aliphatic carbocycles. The smallest absolute Gasteiger partial charge is 0.216 e. The summed E-state index contributed by atoms with van der Waals surface area (Å²) in [7, 11) is 1.52. The zero-order chi connectivity index (χ0) is 12.3. The van der Waals surface area contributed by atoms with Crippen LogP contribution >= 0.6 is 0 Å². The van der Waals surface area contributed by atoms with Crippen LogP contribution in [-0.2, 0) is 0 Å². The zero-order valence-corrected chi connectivity index (χ0v) is 9.68. The van der Waals surface area contributed by atoms with Gasteiger partial charge in [0.15, 0.2) is 5.69 Å². The highest BCUT2D eigenvalue weighted by molar-refractivity contribution is 6.10. The molecule has 0 radical (unpaired) electrons. The fourth-order valence-corrected chi connectivity index (χ4v) is 1.56. The van der Waals surface area contributed by atoms with Gasteiger partial charge in [-0.2, -0.15) is 0 Å². The van der Waals surface area contributed by atoms with E-state index in [0.29, 0.717) is 17.0 Å². The monoisotopic (exact) mass is 228 g/mol. The third-order valence-corrected chi connectivity index (χ3v) is 2.49. The Morgan fingerprint density at radius 2 is 2.12 bits per heavy atom. The number of rotatable bonds is 3. The Morgan fingerprint density at radius 1 is 1.29 bits per heavy atom. The number of aryl methyl sites for hydroxylation is 1. The Labute approximate surface area is 99.3 Å². The summed E-state index contributed by atoms with van der Waals surface area (Å²) in [5.41, 5.74) is 1.73. The Kier molecular flexibility index (Phi) is 3.14. The predicted molar refractivity (Wildman–Crippen MR) is 63.2 cm³/mol. The molecule has 0 bridgehead atoms. The van der Waals surface area contributed by atoms with Crippen molar-refractivity contribution in [3.63, 3.8) is 0 Å². The molecule has 0 aliphatic rings. The fraction of sp³-hybridized carbons (Fsp3) is 0.154. The van der Waals surface area contributed by atoms with E-state index >= 15 is 0 Å². The predicted octanol–water partition coefficient (Wildman–Crippen LogP) is 2.02. The number of ketones is 1. The van der Waals surface area contributed by atoms with Crippen LogP contribution in [0, 0.1) is 6.92 Å². The number of aromatic nitrogens is 2. The molecule has 2 rings (SSSR count). The summed E-state index contributed by atoms with van der Waals surface area (Å²) in [6, 6.07) is 5.24. The van der Waals surface area contributed by atoms with E-state index in [-0.39, 0.29) is 5.78 Å². The van der Waals surface area contributed by atoms with Gasteiger partial charge < -0.3 is 4.74 Å². The molecule has 0 saturated heterocycles. The first-order chi connectivity index (χ1) is 8.24. The van der Waals surface area contributed by atoms with Crippen LogP contribution in [0.3, 0.4) is 0 Å². The van der Waals surface area contributed by atoms with Gasteiger partial charge in [-0.3, -0.25) is 9.78 Å². The standard InChI is InChI=1S/C13H12N2O2/c1-9-5-7-14-8-10(9)13(16)12-11(17-2)4-3-6-15-12/h3-8H,1-2H3. The van der Waals surface area contributed by atoms with Crippen LogP contribution in [0.25, 0.3) is 0 Å². The lowest BCUT2D eigenvalue weighted by molar-refractivity contribution is 0.103. The van der Waals surface area contributed by atoms with Crippen molar-refractivity contribution in [3.8, 4) is 5.75 Å². The second-order valence-corrected chi connectivity index (χ2v) is 3.57. The average Bonchev–Trinajstić information content (AvgIpc) is 2.38. The van der Waals surface area contributed by atoms with E-state index in [2.05, 4.69) is 9.97 Å². The van der Waals surface area contributed by atoms with E-state index < -0.39 is 0 Å². The van der Waals surface area contributed by atoms with Gasteiger partial charge in [0.05, 0.1) is 7.11 Å². The number of hydrogen-bond acceptors (Lipinski definition) is 4. The topological polar surface area (TPSA) is 52.1 Å². The van der Waals surface area contributed by atoms with Gasteiger partial charge in [-0.15, -0.1) is 0 Å². The van der Waals surface area contributed by atoms with Crippen LogP contribution in [0.2, 0.25) is 0 Å². The van der Waals surface area contributed by atoms with E-state index in [0.717, 1.165) is 5.56 Å². The van der Waals surface area contributed by atoms with E-state index in [9.17, 15) is 4.79 Å². The van der Waals surface area contributed by atoms with E-state index in [1.165, 1.54) is 7.11 Å². The van der Waals surface area contributed by atoms with Gasteiger partial charge in [-0.25, -0.2) is 4.98 Å². The molecule has 4 nitrogen and oxygen atoms in total. The highest BCUT2D eigenvalue weighted by Gasteiger charge is 2.17. The summed E-state index contributed by atoms with van der Waals surface area (Å²) in [5, 5.41) is 0. The molecule has 4 heteroatoms. The molecule has 0 aliphatic heterocycles. The number of hydrogen-bond donors (Lipinski definition) is 0. The molecule has 2 aromatic rings. The van der Waals surface area contributed by atoms with Gasteiger partial charge in [-0.1, -0.05) is 0 Å². The molecule has 0 N–H and O–H groups in total. The molecule has 86 valence electrons. The van der Waals surface area contributed by atoms with Gasteiger partial charge in [0.2, 0.25) is 5.78 Å². The number of pyridine rings is 2. The normalized spacial score (nSPS) is 10.0. The van der Waals surface area contributed by atoms with Crippen molar-refractivity contribution in [3.05, 3.63) is 53.6 Å². The van der Waals surface area contributed by atoms with Gasteiger partial charge in [0.1, 0.15) is 5.75 Å². The minimum Gasteiger partial charge on any atom is -0.494 e. The van der Waals surface area contributed by atoms with E-state index in [4.69, 9.17) is 4.74 Å². The third kappa shape index (κ3) is 2.15. The van der Waals surface area contributed by atoms with Crippen molar-refractivity contribution >= 4 is 5.78 Å². The highest BCUT2D eigenvalue weighted by atomic mass is 16.5. The zero-order valence-electron chi connectivity index (χ0n) is 9.68. The van der Waals surface area contributed by atoms with Crippen LogP contribution in [0.1, 0.15) is 21.6 Å². The Hall–Kier alpha value is -2.23. The molecule has 2 aromatic heterocycles. The van der Waals surface area contributed by atoms with E-state index in [1.807, 2.05) is 6.92 Å². The summed E-state index contributed by atoms with van der Waals surface area (Å²) in [6.45, 7) is 1.87. The number of carbonyl (C=O) groups is 1. The summed E-state index contributed by atoms with van der Waals surface area (Å²) in [4.78, 5) is 20.3. The Balaban J connectivity index is 2.48. The van der Waals surface area contributed by atoms with Crippen LogP contribution in [0.15, 0.2) is 36.8 Å². The number of ether oxygens (including phenoxy) is 1. The van der Waals surface area contributed by atoms with Crippen LogP contribution in [0.4, 0.5) is 0 Å². The second kappa shape index (κ2) is 4.74. The number of nitrogens with zero attached hydrogens (tertiary/aromatic N) is 2. The first-order valence-corrected chi connectivity index (χ1v) is 5.18. The first kappa shape index (κ1) is 11.3. The van der Waals surface area contributed by atoms with Crippen LogP contribution < -0.4 is 4.74 Å². The van der Waals surface area contributed by atoms with Gasteiger partial charge in [0, 0.05) is 24.2 Å². The fourth-order valence-electron chi connectivity index (χ4n) is 1.56. The molecule has 0 atom stereocenters. The number of methoxy groups -OCH3 is 1. The maximum absolute atomic E-state index is 12.3. The van der Waals surface area contributed by atoms with Gasteiger partial charge in [0.25, 0.3) is 0 Å². The third-order valence-electron chi connectivity index (χ3n) is 2.49. The lowest BCUT2D eigenvalue weighted by Gasteiger charge is -2.07. The summed E-state index contributed by atoms with van der Waals surface area (Å²) in [5.74, 6) is 0.300. The maximum atomic E-state index is 12.3. The van der Waals surface area contributed by atoms with Gasteiger partial charge in [-0.05, 0) is 30.7 Å². The van der Waals surface area contributed by atoms with Gasteiger partial charge >= 0.3 is 0 Å². The van der Waals surface area contributed by atoms with E-state index in [1.54, 1.807) is 36.8 Å². The second-order valence-electron chi connectivity index (χ2n) is 3.57. The molecule has 0 fully saturated rings. The van der Waals surface area contributed by atoms with Crippen molar-refractivity contribution < 1.29 is 9.53 Å². The molecule has 0 spiro atoms. The van der Waals surface area contributed by atoms with Crippen molar-refractivity contribution in [1.29, 1.82) is 0 Å². The Bertz CT molecular complexity index is 553. The van der Waals surface area contributed by atoms with Crippen molar-refractivity contribution in [2.45, 2.75) is 6.92 Å². The molecule has 2 heterocycles. The summed E-state index contributed by atoms with van der Waals surface area (Å²) in [6.07, 6.45) is 4.77. The minimum atomic E-state index is -0.173. The first-order valence-electron chi connectivity index (χ1n) is 5.18. The van der Waals surface area contributed by atoms with Crippen LogP contribution in [-0.4, -0.2) is 22.9 Å².